The molecule has 1 aliphatic rings. The lowest BCUT2D eigenvalue weighted by atomic mass is 10.1. The number of oxazole rings is 1. The van der Waals surface area contributed by atoms with E-state index in [0.29, 0.717) is 11.8 Å². The molecule has 106 valence electrons. The number of nitrogens with zero attached hydrogens (tertiary/aromatic N) is 1. The van der Waals surface area contributed by atoms with Crippen LogP contribution < -0.4 is 5.32 Å². The number of carbonyl (C=O) groups excluding carboxylic acids is 1. The molecule has 3 rings (SSSR count). The van der Waals surface area contributed by atoms with Gasteiger partial charge in [-0.1, -0.05) is 23.9 Å². The zero-order valence-electron chi connectivity index (χ0n) is 11.0. The Bertz CT molecular complexity index is 589. The fourth-order valence-electron chi connectivity index (χ4n) is 1.94. The monoisotopic (exact) mass is 292 g/mol. The van der Waals surface area contributed by atoms with Crippen LogP contribution in [0, 0.1) is 5.41 Å². The minimum atomic E-state index is -0.0584. The average Bonchev–Trinajstić information content (AvgIpc) is 3.14. The summed E-state index contributed by atoms with van der Waals surface area (Å²) in [5.74, 6) is 0.214. The molecule has 20 heavy (non-hydrogen) atoms. The second-order valence-corrected chi connectivity index (χ2v) is 6.10. The Morgan fingerprint density at radius 2 is 2.25 bits per heavy atom. The summed E-state index contributed by atoms with van der Waals surface area (Å²) < 4.78 is 5.53. The minimum Gasteiger partial charge on any atom is -0.431 e. The number of fused-ring (bicyclic) bond motifs is 1. The highest BCUT2D eigenvalue weighted by Crippen LogP contribution is 2.44. The highest BCUT2D eigenvalue weighted by atomic mass is 32.2. The molecule has 2 N–H and O–H groups in total. The molecule has 2 aromatic rings. The molecular formula is C14H16N2O3S. The summed E-state index contributed by atoms with van der Waals surface area (Å²) in [5, 5.41) is 12.5. The molecule has 0 atom stereocenters. The number of thioether (sulfide) groups is 1. The van der Waals surface area contributed by atoms with Crippen LogP contribution in [0.5, 0.6) is 0 Å². The van der Waals surface area contributed by atoms with E-state index in [1.807, 2.05) is 24.3 Å². The maximum atomic E-state index is 11.7. The van der Waals surface area contributed by atoms with Crippen LogP contribution in [-0.4, -0.2) is 34.9 Å². The Hall–Kier alpha value is -1.53. The van der Waals surface area contributed by atoms with Crippen molar-refractivity contribution in [2.75, 3.05) is 18.9 Å². The van der Waals surface area contributed by atoms with E-state index in [1.54, 1.807) is 0 Å². The predicted molar refractivity (Wildman–Crippen MR) is 76.5 cm³/mol. The van der Waals surface area contributed by atoms with E-state index in [1.165, 1.54) is 11.8 Å². The van der Waals surface area contributed by atoms with Gasteiger partial charge in [0.1, 0.15) is 5.52 Å². The smallest absolute Gasteiger partial charge is 0.257 e. The van der Waals surface area contributed by atoms with Crippen molar-refractivity contribution >= 4 is 28.8 Å². The number of rotatable bonds is 6. The SMILES string of the molecule is O=C(CSc1nc2ccccc2o1)NCC1(CO)CC1. The summed E-state index contributed by atoms with van der Waals surface area (Å²) in [6, 6.07) is 7.51. The number of aromatic nitrogens is 1. The van der Waals surface area contributed by atoms with Gasteiger partial charge in [-0.3, -0.25) is 4.79 Å². The summed E-state index contributed by atoms with van der Waals surface area (Å²) in [6.07, 6.45) is 1.98. The van der Waals surface area contributed by atoms with E-state index in [2.05, 4.69) is 10.3 Å². The number of para-hydroxylation sites is 2. The number of nitrogens with one attached hydrogen (secondary N) is 1. The average molecular weight is 292 g/mol. The second-order valence-electron chi connectivity index (χ2n) is 5.17. The molecule has 1 saturated carbocycles. The van der Waals surface area contributed by atoms with Crippen molar-refractivity contribution in [1.82, 2.24) is 10.3 Å². The Kier molecular flexibility index (Phi) is 3.67. The first kappa shape index (κ1) is 13.5. The van der Waals surface area contributed by atoms with Crippen LogP contribution in [0.1, 0.15) is 12.8 Å². The van der Waals surface area contributed by atoms with Gasteiger partial charge < -0.3 is 14.8 Å². The molecule has 1 fully saturated rings. The van der Waals surface area contributed by atoms with E-state index in [9.17, 15) is 9.90 Å². The Balaban J connectivity index is 1.50. The quantitative estimate of drug-likeness (QED) is 0.794. The maximum absolute atomic E-state index is 11.7. The van der Waals surface area contributed by atoms with Gasteiger partial charge in [-0.15, -0.1) is 0 Å². The molecular weight excluding hydrogens is 276 g/mol. The second kappa shape index (κ2) is 5.46. The highest BCUT2D eigenvalue weighted by molar-refractivity contribution is 7.99. The summed E-state index contributed by atoms with van der Waals surface area (Å²) in [6.45, 7) is 0.696. The van der Waals surface area contributed by atoms with Crippen LogP contribution in [0.2, 0.25) is 0 Å². The largest absolute Gasteiger partial charge is 0.431 e. The highest BCUT2D eigenvalue weighted by Gasteiger charge is 2.41. The van der Waals surface area contributed by atoms with E-state index in [4.69, 9.17) is 4.42 Å². The molecule has 0 unspecified atom stereocenters. The Morgan fingerprint density at radius 1 is 1.45 bits per heavy atom. The van der Waals surface area contributed by atoms with Crippen LogP contribution in [0.4, 0.5) is 0 Å². The van der Waals surface area contributed by atoms with Crippen molar-refractivity contribution in [2.45, 2.75) is 18.1 Å². The van der Waals surface area contributed by atoms with Gasteiger partial charge in [0, 0.05) is 12.0 Å². The summed E-state index contributed by atoms with van der Waals surface area (Å²) in [4.78, 5) is 16.0. The zero-order valence-corrected chi connectivity index (χ0v) is 11.8. The van der Waals surface area contributed by atoms with E-state index < -0.39 is 0 Å². The molecule has 0 aliphatic heterocycles. The first-order valence-corrected chi connectivity index (χ1v) is 7.55. The van der Waals surface area contributed by atoms with Crippen molar-refractivity contribution in [1.29, 1.82) is 0 Å². The number of hydrogen-bond acceptors (Lipinski definition) is 5. The Morgan fingerprint density at radius 3 is 2.95 bits per heavy atom. The van der Waals surface area contributed by atoms with Gasteiger partial charge in [0.15, 0.2) is 5.58 Å². The van der Waals surface area contributed by atoms with E-state index >= 15 is 0 Å². The van der Waals surface area contributed by atoms with Crippen LogP contribution in [0.15, 0.2) is 33.9 Å². The van der Waals surface area contributed by atoms with Crippen molar-refractivity contribution < 1.29 is 14.3 Å². The molecule has 5 nitrogen and oxygen atoms in total. The lowest BCUT2D eigenvalue weighted by Gasteiger charge is -2.11. The molecule has 0 bridgehead atoms. The topological polar surface area (TPSA) is 75.4 Å². The third kappa shape index (κ3) is 2.96. The van der Waals surface area contributed by atoms with E-state index in [-0.39, 0.29) is 23.7 Å². The van der Waals surface area contributed by atoms with Crippen LogP contribution in [0.25, 0.3) is 11.1 Å². The number of aliphatic hydroxyl groups is 1. The fraction of sp³-hybridized carbons (Fsp3) is 0.429. The molecule has 0 saturated heterocycles. The third-order valence-electron chi connectivity index (χ3n) is 3.55. The van der Waals surface area contributed by atoms with Gasteiger partial charge in [0.25, 0.3) is 5.22 Å². The molecule has 1 heterocycles. The third-order valence-corrected chi connectivity index (χ3v) is 4.38. The lowest BCUT2D eigenvalue weighted by molar-refractivity contribution is -0.118. The maximum Gasteiger partial charge on any atom is 0.257 e. The first-order chi connectivity index (χ1) is 9.71. The van der Waals surface area contributed by atoms with Gasteiger partial charge in [-0.2, -0.15) is 0 Å². The number of benzene rings is 1. The van der Waals surface area contributed by atoms with Gasteiger partial charge in [0.05, 0.1) is 12.4 Å². The van der Waals surface area contributed by atoms with Crippen LogP contribution in [0.3, 0.4) is 0 Å². The number of hydrogen-bond donors (Lipinski definition) is 2. The van der Waals surface area contributed by atoms with Gasteiger partial charge in [0.2, 0.25) is 5.91 Å². The molecule has 6 heteroatoms. The van der Waals surface area contributed by atoms with Crippen molar-refractivity contribution in [3.05, 3.63) is 24.3 Å². The fourth-order valence-corrected chi connectivity index (χ4v) is 2.61. The standard InChI is InChI=1S/C14H16N2O3S/c17-9-14(5-6-14)8-15-12(18)7-20-13-16-10-3-1-2-4-11(10)19-13/h1-4,17H,5-9H2,(H,15,18). The normalized spacial score (nSPS) is 16.2. The zero-order chi connectivity index (χ0) is 14.0. The Labute approximate surface area is 120 Å². The van der Waals surface area contributed by atoms with Gasteiger partial charge >= 0.3 is 0 Å². The molecule has 1 aliphatic carbocycles. The van der Waals surface area contributed by atoms with Crippen molar-refractivity contribution in [2.24, 2.45) is 5.41 Å². The lowest BCUT2D eigenvalue weighted by Crippen LogP contribution is -2.32. The van der Waals surface area contributed by atoms with Gasteiger partial charge in [-0.05, 0) is 25.0 Å². The summed E-state index contributed by atoms with van der Waals surface area (Å²) in [5.41, 5.74) is 1.47. The van der Waals surface area contributed by atoms with E-state index in [0.717, 1.165) is 23.9 Å². The van der Waals surface area contributed by atoms with Gasteiger partial charge in [-0.25, -0.2) is 4.98 Å². The number of amides is 1. The molecule has 1 amide bonds. The first-order valence-electron chi connectivity index (χ1n) is 6.57. The minimum absolute atomic E-state index is 0.0576. The summed E-state index contributed by atoms with van der Waals surface area (Å²) in [7, 11) is 0. The predicted octanol–water partition coefficient (Wildman–Crippen LogP) is 1.81. The number of aliphatic hydroxyl groups excluding tert-OH is 1. The van der Waals surface area contributed by atoms with Crippen molar-refractivity contribution in [3.8, 4) is 0 Å². The molecule has 0 spiro atoms. The molecule has 0 radical (unpaired) electrons. The summed E-state index contributed by atoms with van der Waals surface area (Å²) >= 11 is 1.28. The molecule has 1 aromatic heterocycles. The number of carbonyl (C=O) groups is 1. The van der Waals surface area contributed by atoms with Crippen LogP contribution >= 0.6 is 11.8 Å². The van der Waals surface area contributed by atoms with Crippen molar-refractivity contribution in [3.63, 3.8) is 0 Å². The van der Waals surface area contributed by atoms with Crippen LogP contribution in [-0.2, 0) is 4.79 Å². The molecule has 1 aromatic carbocycles.